The number of hydrogen-bond acceptors (Lipinski definition) is 7. The normalized spacial score (nSPS) is 21.3. The number of hydrogen-bond donors (Lipinski definition) is 1. The Morgan fingerprint density at radius 3 is 2.48 bits per heavy atom. The van der Waals surface area contributed by atoms with Crippen LogP contribution >= 0.6 is 0 Å². The van der Waals surface area contributed by atoms with Crippen LogP contribution < -0.4 is 5.32 Å². The van der Waals surface area contributed by atoms with E-state index in [1.807, 2.05) is 6.07 Å². The molecular formula is C19H28N2O7S. The van der Waals surface area contributed by atoms with Gasteiger partial charge in [-0.1, -0.05) is 30.3 Å². The summed E-state index contributed by atoms with van der Waals surface area (Å²) in [5, 5.41) is 2.54. The number of carbonyl (C=O) groups is 2. The number of methoxy groups -OCH3 is 1. The average molecular weight is 429 g/mol. The van der Waals surface area contributed by atoms with Gasteiger partial charge in [-0.05, 0) is 39.2 Å². The molecule has 1 fully saturated rings. The second kappa shape index (κ2) is 9.45. The summed E-state index contributed by atoms with van der Waals surface area (Å²) in [6, 6.07) is 8.14. The molecule has 1 saturated heterocycles. The minimum absolute atomic E-state index is 0.278. The Labute approximate surface area is 171 Å². The van der Waals surface area contributed by atoms with E-state index in [4.69, 9.17) is 8.92 Å². The highest BCUT2D eigenvalue weighted by atomic mass is 32.2. The summed E-state index contributed by atoms with van der Waals surface area (Å²) < 4.78 is 41.3. The van der Waals surface area contributed by atoms with Crippen molar-refractivity contribution in [3.05, 3.63) is 35.9 Å². The SMILES string of the molecule is COC(=O)NCCC[C@H]1C[C@@H](c2ccccc2)N(C(=O)OC(C)(C)C)S(=O)(=O)O1. The Morgan fingerprint density at radius 2 is 1.90 bits per heavy atom. The highest BCUT2D eigenvalue weighted by Crippen LogP contribution is 2.37. The molecular weight excluding hydrogens is 400 g/mol. The lowest BCUT2D eigenvalue weighted by atomic mass is 9.98. The van der Waals surface area contributed by atoms with Crippen molar-refractivity contribution >= 4 is 22.5 Å². The average Bonchev–Trinajstić information content (AvgIpc) is 2.62. The van der Waals surface area contributed by atoms with Gasteiger partial charge in [-0.15, -0.1) is 0 Å². The van der Waals surface area contributed by atoms with Gasteiger partial charge < -0.3 is 14.8 Å². The van der Waals surface area contributed by atoms with E-state index in [1.54, 1.807) is 45.0 Å². The molecule has 0 aromatic heterocycles. The molecule has 0 aliphatic carbocycles. The van der Waals surface area contributed by atoms with Gasteiger partial charge in [-0.25, -0.2) is 13.8 Å². The molecule has 1 heterocycles. The maximum absolute atomic E-state index is 12.8. The molecule has 29 heavy (non-hydrogen) atoms. The zero-order valence-corrected chi connectivity index (χ0v) is 17.9. The molecule has 1 aliphatic rings. The van der Waals surface area contributed by atoms with Crippen molar-refractivity contribution in [2.45, 2.75) is 57.8 Å². The largest absolute Gasteiger partial charge is 0.453 e. The molecule has 10 heteroatoms. The van der Waals surface area contributed by atoms with Crippen LogP contribution in [0.25, 0.3) is 0 Å². The molecule has 0 spiro atoms. The van der Waals surface area contributed by atoms with Crippen molar-refractivity contribution in [1.82, 2.24) is 9.62 Å². The number of amides is 2. The zero-order valence-electron chi connectivity index (χ0n) is 17.1. The predicted octanol–water partition coefficient (Wildman–Crippen LogP) is 3.13. The highest BCUT2D eigenvalue weighted by Gasteiger charge is 2.45. The highest BCUT2D eigenvalue weighted by molar-refractivity contribution is 7.85. The zero-order chi connectivity index (χ0) is 21.7. The van der Waals surface area contributed by atoms with E-state index >= 15 is 0 Å². The standard InChI is InChI=1S/C19H28N2O7S/c1-19(2,3)27-18(23)21-16(14-9-6-5-7-10-14)13-15(28-29(21,24)25)11-8-12-20-17(22)26-4/h5-7,9-10,15-16H,8,11-13H2,1-4H3,(H,20,22)/t15-,16-/m0/s1. The lowest BCUT2D eigenvalue weighted by molar-refractivity contribution is 0.0168. The minimum Gasteiger partial charge on any atom is -0.453 e. The van der Waals surface area contributed by atoms with E-state index in [9.17, 15) is 18.0 Å². The van der Waals surface area contributed by atoms with Gasteiger partial charge in [-0.2, -0.15) is 12.7 Å². The van der Waals surface area contributed by atoms with Crippen LogP contribution in [-0.4, -0.2) is 50.3 Å². The molecule has 1 N–H and O–H groups in total. The molecule has 2 atom stereocenters. The first-order chi connectivity index (χ1) is 13.5. The van der Waals surface area contributed by atoms with Crippen molar-refractivity contribution in [2.75, 3.05) is 13.7 Å². The van der Waals surface area contributed by atoms with E-state index in [0.717, 1.165) is 0 Å². The summed E-state index contributed by atoms with van der Waals surface area (Å²) >= 11 is 0. The Morgan fingerprint density at radius 1 is 1.24 bits per heavy atom. The van der Waals surface area contributed by atoms with Crippen LogP contribution in [0, 0.1) is 0 Å². The van der Waals surface area contributed by atoms with Crippen molar-refractivity contribution < 1.29 is 31.7 Å². The lowest BCUT2D eigenvalue weighted by Crippen LogP contribution is -2.49. The minimum atomic E-state index is -4.35. The fourth-order valence-electron chi connectivity index (χ4n) is 2.99. The van der Waals surface area contributed by atoms with E-state index in [0.29, 0.717) is 29.3 Å². The van der Waals surface area contributed by atoms with Crippen LogP contribution in [0.3, 0.4) is 0 Å². The van der Waals surface area contributed by atoms with Crippen molar-refractivity contribution in [3.63, 3.8) is 0 Å². The molecule has 0 saturated carbocycles. The predicted molar refractivity (Wildman–Crippen MR) is 105 cm³/mol. The molecule has 1 aromatic carbocycles. The molecule has 9 nitrogen and oxygen atoms in total. The number of alkyl carbamates (subject to hydrolysis) is 1. The third-order valence-corrected chi connectivity index (χ3v) is 5.58. The summed E-state index contributed by atoms with van der Waals surface area (Å²) in [7, 11) is -3.09. The topological polar surface area (TPSA) is 111 Å². The van der Waals surface area contributed by atoms with Crippen molar-refractivity contribution in [2.24, 2.45) is 0 Å². The third kappa shape index (κ3) is 6.60. The van der Waals surface area contributed by atoms with Gasteiger partial charge in [0.05, 0.1) is 19.3 Å². The van der Waals surface area contributed by atoms with E-state index in [2.05, 4.69) is 10.1 Å². The van der Waals surface area contributed by atoms with Crippen LogP contribution in [0.15, 0.2) is 30.3 Å². The van der Waals surface area contributed by atoms with Gasteiger partial charge in [0.25, 0.3) is 0 Å². The first-order valence-corrected chi connectivity index (χ1v) is 10.7. The van der Waals surface area contributed by atoms with Gasteiger partial charge in [0.15, 0.2) is 0 Å². The van der Waals surface area contributed by atoms with Gasteiger partial charge >= 0.3 is 22.5 Å². The Bertz CT molecular complexity index is 806. The number of nitrogens with one attached hydrogen (secondary N) is 1. The maximum Gasteiger partial charge on any atom is 0.426 e. The fourth-order valence-corrected chi connectivity index (χ4v) is 4.34. The van der Waals surface area contributed by atoms with Crippen molar-refractivity contribution in [1.29, 1.82) is 0 Å². The van der Waals surface area contributed by atoms with Crippen LogP contribution in [0.1, 0.15) is 51.6 Å². The van der Waals surface area contributed by atoms with Gasteiger partial charge in [0, 0.05) is 13.0 Å². The number of nitrogens with zero attached hydrogens (tertiary/aromatic N) is 1. The second-order valence-corrected chi connectivity index (χ2v) is 9.12. The summed E-state index contributed by atoms with van der Waals surface area (Å²) in [6.45, 7) is 5.31. The number of ether oxygens (including phenoxy) is 2. The van der Waals surface area contributed by atoms with Crippen LogP contribution in [0.5, 0.6) is 0 Å². The molecule has 1 aliphatic heterocycles. The Kier molecular flexibility index (Phi) is 7.48. The first-order valence-electron chi connectivity index (χ1n) is 9.36. The molecule has 2 amide bonds. The van der Waals surface area contributed by atoms with Crippen molar-refractivity contribution in [3.8, 4) is 0 Å². The molecule has 0 radical (unpaired) electrons. The molecule has 1 aromatic rings. The number of carbonyl (C=O) groups excluding carboxylic acids is 2. The van der Waals surface area contributed by atoms with Gasteiger partial charge in [0.2, 0.25) is 0 Å². The maximum atomic E-state index is 12.8. The summed E-state index contributed by atoms with van der Waals surface area (Å²) in [5.74, 6) is 0. The first kappa shape index (κ1) is 23.0. The summed E-state index contributed by atoms with van der Waals surface area (Å²) in [5.41, 5.74) is -0.188. The van der Waals surface area contributed by atoms with E-state index in [1.165, 1.54) is 7.11 Å². The number of rotatable bonds is 5. The molecule has 2 rings (SSSR count). The lowest BCUT2D eigenvalue weighted by Gasteiger charge is -2.38. The van der Waals surface area contributed by atoms with Gasteiger partial charge in [-0.3, -0.25) is 0 Å². The summed E-state index contributed by atoms with van der Waals surface area (Å²) in [4.78, 5) is 23.8. The van der Waals surface area contributed by atoms with E-state index in [-0.39, 0.29) is 6.42 Å². The molecule has 0 unspecified atom stereocenters. The summed E-state index contributed by atoms with van der Waals surface area (Å²) in [6.07, 6.45) is -1.01. The molecule has 162 valence electrons. The third-order valence-electron chi connectivity index (χ3n) is 4.18. The second-order valence-electron chi connectivity index (χ2n) is 7.67. The fraction of sp³-hybridized carbons (Fsp3) is 0.579. The smallest absolute Gasteiger partial charge is 0.426 e. The quantitative estimate of drug-likeness (QED) is 0.717. The van der Waals surface area contributed by atoms with Crippen LogP contribution in [0.2, 0.25) is 0 Å². The van der Waals surface area contributed by atoms with E-state index < -0.39 is 40.2 Å². The van der Waals surface area contributed by atoms with Gasteiger partial charge in [0.1, 0.15) is 5.60 Å². The molecule has 0 bridgehead atoms. The monoisotopic (exact) mass is 428 g/mol. The Hall–Kier alpha value is -2.33. The van der Waals surface area contributed by atoms with Crippen LogP contribution in [-0.2, 0) is 24.0 Å². The Balaban J connectivity index is 2.20. The number of benzene rings is 1. The van der Waals surface area contributed by atoms with Crippen LogP contribution in [0.4, 0.5) is 9.59 Å².